The van der Waals surface area contributed by atoms with E-state index in [1.807, 2.05) is 0 Å². The molecule has 64 heavy (non-hydrogen) atoms. The van der Waals surface area contributed by atoms with Crippen molar-refractivity contribution in [2.45, 2.75) is 0 Å². The predicted molar refractivity (Wildman–Crippen MR) is 271 cm³/mol. The van der Waals surface area contributed by atoms with Gasteiger partial charge in [0.25, 0.3) is 0 Å². The fraction of sp³-hybridized carbons (Fsp3) is 0. The number of hydrogen-bond donors (Lipinski definition) is 0. The lowest BCUT2D eigenvalue weighted by Gasteiger charge is -2.19. The SMILES string of the molecule is c1ccc(C2=C(c3ccccc3)C(c3cccc(-c4ccc(-c5ccccc5)c5ccccc45)c3)=C3C2=C(c2ccccc2)c2cc(-c4ccccc4)c(-c4ccccc4)cc23)cc1. The van der Waals surface area contributed by atoms with E-state index >= 15 is 0 Å². The number of rotatable bonds is 8. The summed E-state index contributed by atoms with van der Waals surface area (Å²) in [6.45, 7) is 0. The Balaban J connectivity index is 1.19. The molecule has 0 N–H and O–H groups in total. The van der Waals surface area contributed by atoms with Crippen molar-refractivity contribution in [2.24, 2.45) is 0 Å². The molecule has 0 heterocycles. The van der Waals surface area contributed by atoms with Crippen molar-refractivity contribution in [1.82, 2.24) is 0 Å². The van der Waals surface area contributed by atoms with Gasteiger partial charge in [-0.1, -0.05) is 237 Å². The van der Waals surface area contributed by atoms with Crippen LogP contribution in [0, 0.1) is 0 Å². The molecule has 12 rings (SSSR count). The normalized spacial score (nSPS) is 13.1. The molecule has 0 radical (unpaired) electrons. The highest BCUT2D eigenvalue weighted by Gasteiger charge is 2.41. The molecular weight excluding hydrogens is 769 g/mol. The maximum atomic E-state index is 2.49. The highest BCUT2D eigenvalue weighted by Crippen LogP contribution is 2.62. The van der Waals surface area contributed by atoms with Gasteiger partial charge in [0.15, 0.2) is 0 Å². The maximum Gasteiger partial charge on any atom is -0.000137 e. The quantitative estimate of drug-likeness (QED) is 0.143. The van der Waals surface area contributed by atoms with Crippen LogP contribution < -0.4 is 0 Å². The molecule has 0 unspecified atom stereocenters. The van der Waals surface area contributed by atoms with Gasteiger partial charge in [0, 0.05) is 0 Å². The van der Waals surface area contributed by atoms with Gasteiger partial charge < -0.3 is 0 Å². The van der Waals surface area contributed by atoms with Crippen LogP contribution in [0.5, 0.6) is 0 Å². The van der Waals surface area contributed by atoms with Crippen molar-refractivity contribution < 1.29 is 0 Å². The summed E-state index contributed by atoms with van der Waals surface area (Å²) in [5.74, 6) is 0. The van der Waals surface area contributed by atoms with Crippen molar-refractivity contribution in [1.29, 1.82) is 0 Å². The minimum atomic E-state index is 1.19. The van der Waals surface area contributed by atoms with Gasteiger partial charge in [-0.05, 0) is 140 Å². The van der Waals surface area contributed by atoms with Crippen molar-refractivity contribution in [3.8, 4) is 44.5 Å². The molecule has 0 fully saturated rings. The van der Waals surface area contributed by atoms with Gasteiger partial charge in [-0.3, -0.25) is 0 Å². The van der Waals surface area contributed by atoms with Gasteiger partial charge in [-0.25, -0.2) is 0 Å². The van der Waals surface area contributed by atoms with Crippen LogP contribution in [-0.2, 0) is 0 Å². The summed E-state index contributed by atoms with van der Waals surface area (Å²) in [4.78, 5) is 0. The first-order valence-corrected chi connectivity index (χ1v) is 22.2. The summed E-state index contributed by atoms with van der Waals surface area (Å²) in [7, 11) is 0. The topological polar surface area (TPSA) is 0 Å². The summed E-state index contributed by atoms with van der Waals surface area (Å²) < 4.78 is 0. The highest BCUT2D eigenvalue weighted by molar-refractivity contribution is 6.39. The summed E-state index contributed by atoms with van der Waals surface area (Å²) >= 11 is 0. The fourth-order valence-corrected chi connectivity index (χ4v) is 10.2. The van der Waals surface area contributed by atoms with E-state index in [1.165, 1.54) is 122 Å². The van der Waals surface area contributed by atoms with E-state index in [2.05, 4.69) is 255 Å². The van der Waals surface area contributed by atoms with Crippen molar-refractivity contribution >= 4 is 38.6 Å². The second kappa shape index (κ2) is 15.9. The zero-order valence-corrected chi connectivity index (χ0v) is 35.2. The Morgan fingerprint density at radius 1 is 0.141 bits per heavy atom. The van der Waals surface area contributed by atoms with Gasteiger partial charge in [-0.2, -0.15) is 0 Å². The van der Waals surface area contributed by atoms with E-state index in [-0.39, 0.29) is 0 Å². The van der Waals surface area contributed by atoms with Gasteiger partial charge >= 0.3 is 0 Å². The van der Waals surface area contributed by atoms with E-state index < -0.39 is 0 Å². The molecule has 0 aliphatic heterocycles. The zero-order chi connectivity index (χ0) is 42.4. The standard InChI is InChI=1S/C64H42/c1-7-22-43(23-8-1)51-38-39-52(54-37-20-19-36-53(51)54)49-34-21-35-50(40-49)62-60(47-30-15-5-16-31-47)61(48-32-17-6-18-33-48)64-59(46-28-13-4-14-29-46)57-41-55(44-24-9-2-10-25-44)56(42-58(57)63(62)64)45-26-11-3-12-27-45/h1-42H. The average molecular weight is 811 g/mol. The van der Waals surface area contributed by atoms with Gasteiger partial charge in [0.2, 0.25) is 0 Å². The molecular formula is C64H42. The fourth-order valence-electron chi connectivity index (χ4n) is 10.2. The van der Waals surface area contributed by atoms with Crippen LogP contribution in [0.15, 0.2) is 260 Å². The Morgan fingerprint density at radius 3 is 0.922 bits per heavy atom. The lowest BCUT2D eigenvalue weighted by atomic mass is 9.84. The summed E-state index contributed by atoms with van der Waals surface area (Å²) in [5, 5.41) is 2.49. The molecule has 0 amide bonds. The molecule has 2 aliphatic carbocycles. The van der Waals surface area contributed by atoms with Crippen molar-refractivity contribution in [3.63, 3.8) is 0 Å². The van der Waals surface area contributed by atoms with E-state index in [9.17, 15) is 0 Å². The Morgan fingerprint density at radius 2 is 0.453 bits per heavy atom. The van der Waals surface area contributed by atoms with Crippen LogP contribution in [0.25, 0.3) is 83.1 Å². The number of hydrogen-bond acceptors (Lipinski definition) is 0. The maximum absolute atomic E-state index is 2.49. The first kappa shape index (κ1) is 37.4. The lowest BCUT2D eigenvalue weighted by Crippen LogP contribution is -1.97. The molecule has 0 nitrogen and oxygen atoms in total. The molecule has 0 saturated carbocycles. The second-order valence-electron chi connectivity index (χ2n) is 16.7. The second-order valence-corrected chi connectivity index (χ2v) is 16.7. The Kier molecular flexibility index (Phi) is 9.28. The third kappa shape index (κ3) is 6.31. The summed E-state index contributed by atoms with van der Waals surface area (Å²) in [5.41, 5.74) is 24.7. The molecule has 0 aromatic heterocycles. The largest absolute Gasteiger partial charge is 0.0622 e. The molecule has 0 heteroatoms. The minimum Gasteiger partial charge on any atom is -0.0622 e. The number of fused-ring (bicyclic) bond motifs is 4. The Bertz CT molecular complexity index is 3470. The van der Waals surface area contributed by atoms with Crippen LogP contribution in [0.2, 0.25) is 0 Å². The highest BCUT2D eigenvalue weighted by atomic mass is 14.4. The van der Waals surface area contributed by atoms with Gasteiger partial charge in [0.05, 0.1) is 0 Å². The van der Waals surface area contributed by atoms with Crippen LogP contribution in [0.1, 0.15) is 33.4 Å². The number of benzene rings is 10. The van der Waals surface area contributed by atoms with E-state index in [4.69, 9.17) is 0 Å². The Hall–Kier alpha value is -8.32. The molecule has 10 aromatic rings. The monoisotopic (exact) mass is 810 g/mol. The smallest absolute Gasteiger partial charge is 0.000137 e. The van der Waals surface area contributed by atoms with E-state index in [1.54, 1.807) is 0 Å². The van der Waals surface area contributed by atoms with Crippen LogP contribution in [0.3, 0.4) is 0 Å². The summed E-state index contributed by atoms with van der Waals surface area (Å²) in [6.07, 6.45) is 0. The average Bonchev–Trinajstić information content (AvgIpc) is 3.89. The summed E-state index contributed by atoms with van der Waals surface area (Å²) in [6, 6.07) is 93.5. The first-order chi connectivity index (χ1) is 31.8. The molecule has 10 aromatic carbocycles. The van der Waals surface area contributed by atoms with E-state index in [0.29, 0.717) is 0 Å². The molecule has 0 atom stereocenters. The molecule has 2 aliphatic rings. The van der Waals surface area contributed by atoms with Crippen LogP contribution in [0.4, 0.5) is 0 Å². The van der Waals surface area contributed by atoms with Crippen LogP contribution >= 0.6 is 0 Å². The van der Waals surface area contributed by atoms with Crippen LogP contribution in [-0.4, -0.2) is 0 Å². The molecule has 0 saturated heterocycles. The van der Waals surface area contributed by atoms with Crippen molar-refractivity contribution in [2.75, 3.05) is 0 Å². The first-order valence-electron chi connectivity index (χ1n) is 22.2. The molecule has 0 spiro atoms. The third-order valence-electron chi connectivity index (χ3n) is 13.0. The Labute approximate surface area is 375 Å². The third-order valence-corrected chi connectivity index (χ3v) is 13.0. The molecule has 0 bridgehead atoms. The van der Waals surface area contributed by atoms with E-state index in [0.717, 1.165) is 0 Å². The van der Waals surface area contributed by atoms with Crippen molar-refractivity contribution in [3.05, 3.63) is 294 Å². The lowest BCUT2D eigenvalue weighted by molar-refractivity contribution is 1.51. The van der Waals surface area contributed by atoms with Gasteiger partial charge in [0.1, 0.15) is 0 Å². The zero-order valence-electron chi connectivity index (χ0n) is 35.2. The predicted octanol–water partition coefficient (Wildman–Crippen LogP) is 16.9. The van der Waals surface area contributed by atoms with Gasteiger partial charge in [-0.15, -0.1) is 0 Å². The number of allylic oxidation sites excluding steroid dienone is 5. The molecule has 298 valence electrons. The minimum absolute atomic E-state index is 1.19.